The van der Waals surface area contributed by atoms with Crippen molar-refractivity contribution in [2.24, 2.45) is 0 Å². The highest BCUT2D eigenvalue weighted by molar-refractivity contribution is 5.77. The van der Waals surface area contributed by atoms with Crippen LogP contribution < -0.4 is 10.1 Å². The zero-order chi connectivity index (χ0) is 11.1. The highest BCUT2D eigenvalue weighted by Crippen LogP contribution is 2.10. The first kappa shape index (κ1) is 11.2. The molecule has 0 aromatic heterocycles. The van der Waals surface area contributed by atoms with Gasteiger partial charge in [0.1, 0.15) is 5.75 Å². The summed E-state index contributed by atoms with van der Waals surface area (Å²) in [6.45, 7) is 2.41. The number of benzene rings is 1. The Bertz CT molecular complexity index is 332. The summed E-state index contributed by atoms with van der Waals surface area (Å²) in [5.41, 5.74) is 0.459. The van der Waals surface area contributed by atoms with Gasteiger partial charge < -0.3 is 10.1 Å². The molecule has 0 atom stereocenters. The maximum absolute atomic E-state index is 11.0. The quantitative estimate of drug-likeness (QED) is 0.770. The molecule has 1 radical (unpaired) electrons. The maximum atomic E-state index is 11.0. The van der Waals surface area contributed by atoms with Crippen LogP contribution in [0.25, 0.3) is 0 Å². The Morgan fingerprint density at radius 2 is 2.07 bits per heavy atom. The molecule has 15 heavy (non-hydrogen) atoms. The molecule has 0 fully saturated rings. The Hall–Kier alpha value is -1.84. The second-order valence-electron chi connectivity index (χ2n) is 2.87. The lowest BCUT2D eigenvalue weighted by Gasteiger charge is -2.05. The molecule has 0 spiro atoms. The van der Waals surface area contributed by atoms with E-state index < -0.39 is 0 Å². The minimum absolute atomic E-state index is 0.0159. The van der Waals surface area contributed by atoms with E-state index in [2.05, 4.69) is 5.32 Å². The summed E-state index contributed by atoms with van der Waals surface area (Å²) in [5.74, 6) is 0.392. The van der Waals surface area contributed by atoms with Gasteiger partial charge in [-0.05, 0) is 31.2 Å². The molecule has 4 heteroatoms. The predicted octanol–water partition coefficient (Wildman–Crippen LogP) is 0.659. The van der Waals surface area contributed by atoms with Crippen LogP contribution in [-0.4, -0.2) is 25.3 Å². The molecule has 4 nitrogen and oxygen atoms in total. The van der Waals surface area contributed by atoms with E-state index in [1.165, 1.54) is 0 Å². The number of rotatable bonds is 5. The second kappa shape index (κ2) is 5.80. The van der Waals surface area contributed by atoms with Crippen LogP contribution in [0.5, 0.6) is 5.75 Å². The number of carbonyl (C=O) groups excluding carboxylic acids is 2. The van der Waals surface area contributed by atoms with Crippen molar-refractivity contribution in [3.05, 3.63) is 29.8 Å². The number of nitrogens with one attached hydrogen (secondary N) is 1. The molecule has 0 aliphatic carbocycles. The van der Waals surface area contributed by atoms with Gasteiger partial charge in [0.25, 0.3) is 5.91 Å². The number of ether oxygens (including phenoxy) is 1. The standard InChI is InChI=1S/C11H12NO3/c1-2-12-11(14)8-15-10-5-3-9(7-13)4-6-10/h3-6H,2,8H2,1H3,(H,12,14). The molecule has 0 bridgehead atoms. The van der Waals surface area contributed by atoms with Gasteiger partial charge in [-0.2, -0.15) is 0 Å². The summed E-state index contributed by atoms with van der Waals surface area (Å²) >= 11 is 0. The van der Waals surface area contributed by atoms with Crippen molar-refractivity contribution in [2.45, 2.75) is 6.92 Å². The van der Waals surface area contributed by atoms with Gasteiger partial charge in [0.05, 0.1) is 0 Å². The molecule has 1 amide bonds. The summed E-state index contributed by atoms with van der Waals surface area (Å²) in [5, 5.41) is 2.61. The number of carbonyl (C=O) groups is 1. The van der Waals surface area contributed by atoms with Crippen LogP contribution in [0.4, 0.5) is 0 Å². The van der Waals surface area contributed by atoms with Gasteiger partial charge >= 0.3 is 0 Å². The Morgan fingerprint density at radius 3 is 2.60 bits per heavy atom. The third kappa shape index (κ3) is 3.81. The molecule has 0 aliphatic rings. The van der Waals surface area contributed by atoms with Gasteiger partial charge in [0.15, 0.2) is 6.61 Å². The van der Waals surface area contributed by atoms with Crippen LogP contribution in [0.3, 0.4) is 0 Å². The van der Waals surface area contributed by atoms with E-state index in [4.69, 9.17) is 4.74 Å². The molecular formula is C11H12NO3. The van der Waals surface area contributed by atoms with Gasteiger partial charge in [-0.25, -0.2) is 0 Å². The van der Waals surface area contributed by atoms with Gasteiger partial charge in [-0.3, -0.25) is 9.59 Å². The molecule has 0 aliphatic heterocycles. The van der Waals surface area contributed by atoms with Crippen LogP contribution in [0, 0.1) is 0 Å². The van der Waals surface area contributed by atoms with Crippen LogP contribution >= 0.6 is 0 Å². The van der Waals surface area contributed by atoms with E-state index in [1.54, 1.807) is 30.6 Å². The van der Waals surface area contributed by atoms with Crippen molar-refractivity contribution in [2.75, 3.05) is 13.2 Å². The van der Waals surface area contributed by atoms with Crippen LogP contribution in [0.1, 0.15) is 12.5 Å². The van der Waals surface area contributed by atoms with Gasteiger partial charge in [0.2, 0.25) is 6.29 Å². The number of amides is 1. The van der Waals surface area contributed by atoms with Crippen molar-refractivity contribution in [1.29, 1.82) is 0 Å². The van der Waals surface area contributed by atoms with Crippen molar-refractivity contribution in [3.8, 4) is 5.75 Å². The van der Waals surface area contributed by atoms with Crippen molar-refractivity contribution >= 4 is 12.2 Å². The molecule has 79 valence electrons. The van der Waals surface area contributed by atoms with Crippen LogP contribution in [-0.2, 0) is 9.59 Å². The molecule has 1 N–H and O–H groups in total. The van der Waals surface area contributed by atoms with Crippen LogP contribution in [0.15, 0.2) is 24.3 Å². The van der Waals surface area contributed by atoms with E-state index in [9.17, 15) is 9.59 Å². The topological polar surface area (TPSA) is 55.4 Å². The average Bonchev–Trinajstić information content (AvgIpc) is 2.27. The largest absolute Gasteiger partial charge is 0.484 e. The molecular weight excluding hydrogens is 194 g/mol. The Balaban J connectivity index is 2.44. The Labute approximate surface area is 88.2 Å². The summed E-state index contributed by atoms with van der Waals surface area (Å²) in [6.07, 6.45) is 1.75. The number of hydrogen-bond acceptors (Lipinski definition) is 3. The summed E-state index contributed by atoms with van der Waals surface area (Å²) in [6, 6.07) is 6.42. The monoisotopic (exact) mass is 206 g/mol. The van der Waals surface area contributed by atoms with E-state index >= 15 is 0 Å². The molecule has 1 aromatic rings. The molecule has 0 heterocycles. The normalized spacial score (nSPS) is 9.40. The third-order valence-corrected chi connectivity index (χ3v) is 1.72. The molecule has 1 aromatic carbocycles. The fraction of sp³-hybridized carbons (Fsp3) is 0.273. The first-order valence-electron chi connectivity index (χ1n) is 4.64. The SMILES string of the molecule is CCNC(=O)COc1ccc([C]=O)cc1. The molecule has 1 rings (SSSR count). The molecule has 0 saturated carbocycles. The zero-order valence-corrected chi connectivity index (χ0v) is 8.45. The Morgan fingerprint density at radius 1 is 1.40 bits per heavy atom. The van der Waals surface area contributed by atoms with E-state index in [1.807, 2.05) is 6.92 Å². The molecule has 0 saturated heterocycles. The lowest BCUT2D eigenvalue weighted by atomic mass is 10.2. The maximum Gasteiger partial charge on any atom is 0.257 e. The first-order valence-corrected chi connectivity index (χ1v) is 4.64. The highest BCUT2D eigenvalue weighted by atomic mass is 16.5. The fourth-order valence-electron chi connectivity index (χ4n) is 1.02. The van der Waals surface area contributed by atoms with Gasteiger partial charge in [-0.15, -0.1) is 0 Å². The number of likely N-dealkylation sites (N-methyl/N-ethyl adjacent to an activating group) is 1. The lowest BCUT2D eigenvalue weighted by molar-refractivity contribution is -0.122. The zero-order valence-electron chi connectivity index (χ0n) is 8.45. The summed E-state index contributed by atoms with van der Waals surface area (Å²) in [7, 11) is 0. The van der Waals surface area contributed by atoms with E-state index in [-0.39, 0.29) is 12.5 Å². The van der Waals surface area contributed by atoms with Crippen molar-refractivity contribution in [1.82, 2.24) is 5.32 Å². The van der Waals surface area contributed by atoms with Gasteiger partial charge in [0, 0.05) is 12.1 Å². The summed E-state index contributed by atoms with van der Waals surface area (Å²) in [4.78, 5) is 21.3. The van der Waals surface area contributed by atoms with Crippen LogP contribution in [0.2, 0.25) is 0 Å². The smallest absolute Gasteiger partial charge is 0.257 e. The number of hydrogen-bond donors (Lipinski definition) is 1. The van der Waals surface area contributed by atoms with E-state index in [0.29, 0.717) is 17.9 Å². The van der Waals surface area contributed by atoms with Crippen molar-refractivity contribution in [3.63, 3.8) is 0 Å². The lowest BCUT2D eigenvalue weighted by Crippen LogP contribution is -2.28. The third-order valence-electron chi connectivity index (χ3n) is 1.72. The molecule has 0 unspecified atom stereocenters. The van der Waals surface area contributed by atoms with Crippen molar-refractivity contribution < 1.29 is 14.3 Å². The minimum Gasteiger partial charge on any atom is -0.484 e. The predicted molar refractivity (Wildman–Crippen MR) is 55.4 cm³/mol. The van der Waals surface area contributed by atoms with Gasteiger partial charge in [-0.1, -0.05) is 0 Å². The van der Waals surface area contributed by atoms with E-state index in [0.717, 1.165) is 0 Å². The second-order valence-corrected chi connectivity index (χ2v) is 2.87. The summed E-state index contributed by atoms with van der Waals surface area (Å²) < 4.78 is 5.18. The average molecular weight is 206 g/mol. The fourth-order valence-corrected chi connectivity index (χ4v) is 1.02. The highest BCUT2D eigenvalue weighted by Gasteiger charge is 2.00. The first-order chi connectivity index (χ1) is 7.26. The Kier molecular flexibility index (Phi) is 4.34. The minimum atomic E-state index is -0.163.